The minimum atomic E-state index is 0.482. The van der Waals surface area contributed by atoms with Crippen molar-refractivity contribution in [3.63, 3.8) is 0 Å². The highest BCUT2D eigenvalue weighted by Gasteiger charge is 2.23. The van der Waals surface area contributed by atoms with Gasteiger partial charge >= 0.3 is 0 Å². The standard InChI is InChI=1S/C37H28N8/c1-21-22(2)24(4)38-33(23(21)3)34-40-35(43-28-16-8-5-13-25(28)26-14-6-9-17-29(26)43)42-36(41-34)45-32-20-12-11-19-31(32)44-30-18-10-7-15-27(30)39-37(44)45/h5-20H,1-4H3. The van der Waals surface area contributed by atoms with Crippen LogP contribution in [0.15, 0.2) is 97.1 Å². The van der Waals surface area contributed by atoms with Gasteiger partial charge in [0.15, 0.2) is 5.82 Å². The Hall–Kier alpha value is -5.89. The fraction of sp³-hybridized carbons (Fsp3) is 0.108. The Balaban J connectivity index is 1.44. The number of hydrogen-bond acceptors (Lipinski definition) is 5. The monoisotopic (exact) mass is 584 g/mol. The van der Waals surface area contributed by atoms with Gasteiger partial charge in [0.2, 0.25) is 17.7 Å². The lowest BCUT2D eigenvalue weighted by Crippen LogP contribution is -2.12. The SMILES string of the molecule is Cc1nc(-c2nc(-n3c4ccccc4c4ccccc43)nc(-n3c4ccccc4n4c5ccccc5nc34)n2)c(C)c(C)c1C. The van der Waals surface area contributed by atoms with Crippen molar-refractivity contribution < 1.29 is 0 Å². The fourth-order valence-electron chi connectivity index (χ4n) is 6.63. The van der Waals surface area contributed by atoms with E-state index in [1.54, 1.807) is 0 Å². The van der Waals surface area contributed by atoms with Gasteiger partial charge in [-0.1, -0.05) is 60.7 Å². The summed E-state index contributed by atoms with van der Waals surface area (Å²) in [6.07, 6.45) is 0. The van der Waals surface area contributed by atoms with Gasteiger partial charge in [-0.15, -0.1) is 0 Å². The third kappa shape index (κ3) is 3.56. The molecule has 0 amide bonds. The van der Waals surface area contributed by atoms with Crippen molar-refractivity contribution in [2.24, 2.45) is 0 Å². The topological polar surface area (TPSA) is 78.7 Å². The Bertz CT molecular complexity index is 2600. The maximum Gasteiger partial charge on any atom is 0.242 e. The van der Waals surface area contributed by atoms with Crippen LogP contribution in [-0.2, 0) is 0 Å². The van der Waals surface area contributed by atoms with Crippen molar-refractivity contribution in [1.29, 1.82) is 0 Å². The quantitative estimate of drug-likeness (QED) is 0.210. The van der Waals surface area contributed by atoms with Crippen LogP contribution in [0.3, 0.4) is 0 Å². The van der Waals surface area contributed by atoms with Crippen LogP contribution in [0.5, 0.6) is 0 Å². The number of fused-ring (bicyclic) bond motifs is 8. The van der Waals surface area contributed by atoms with Crippen LogP contribution in [0.4, 0.5) is 0 Å². The van der Waals surface area contributed by atoms with Crippen molar-refractivity contribution in [1.82, 2.24) is 38.5 Å². The zero-order valence-corrected chi connectivity index (χ0v) is 25.3. The summed E-state index contributed by atoms with van der Waals surface area (Å²) in [5.74, 6) is 2.27. The summed E-state index contributed by atoms with van der Waals surface area (Å²) in [6, 6.07) is 33.3. The molecule has 4 aromatic carbocycles. The second-order valence-corrected chi connectivity index (χ2v) is 11.6. The van der Waals surface area contributed by atoms with E-state index in [2.05, 4.69) is 96.5 Å². The van der Waals surface area contributed by atoms with Crippen LogP contribution in [0, 0.1) is 27.7 Å². The first kappa shape index (κ1) is 25.6. The normalized spacial score (nSPS) is 12.0. The molecule has 0 spiro atoms. The number of para-hydroxylation sites is 6. The maximum absolute atomic E-state index is 5.23. The third-order valence-electron chi connectivity index (χ3n) is 9.21. The van der Waals surface area contributed by atoms with E-state index >= 15 is 0 Å². The fourth-order valence-corrected chi connectivity index (χ4v) is 6.63. The first-order valence-electron chi connectivity index (χ1n) is 15.1. The van der Waals surface area contributed by atoms with E-state index < -0.39 is 0 Å². The molecule has 0 aliphatic heterocycles. The van der Waals surface area contributed by atoms with Crippen molar-refractivity contribution in [2.45, 2.75) is 27.7 Å². The van der Waals surface area contributed by atoms with E-state index in [9.17, 15) is 0 Å². The Morgan fingerprint density at radius 1 is 0.444 bits per heavy atom. The molecule has 9 rings (SSSR count). The Morgan fingerprint density at radius 3 is 1.69 bits per heavy atom. The molecule has 8 heteroatoms. The molecule has 0 fully saturated rings. The average molecular weight is 585 g/mol. The molecule has 0 atom stereocenters. The van der Waals surface area contributed by atoms with Gasteiger partial charge in [0.05, 0.1) is 33.1 Å². The molecule has 0 bridgehead atoms. The second-order valence-electron chi connectivity index (χ2n) is 11.6. The number of aromatic nitrogens is 8. The number of benzene rings is 4. The van der Waals surface area contributed by atoms with Crippen molar-refractivity contribution in [2.75, 3.05) is 0 Å². The number of hydrogen-bond donors (Lipinski definition) is 0. The van der Waals surface area contributed by atoms with Gasteiger partial charge in [0.1, 0.15) is 5.69 Å². The molecule has 216 valence electrons. The molecule has 5 heterocycles. The number of aryl methyl sites for hydroxylation is 1. The number of nitrogens with zero attached hydrogens (tertiary/aromatic N) is 8. The predicted octanol–water partition coefficient (Wildman–Crippen LogP) is 8.01. The zero-order chi connectivity index (χ0) is 30.4. The largest absolute Gasteiger partial charge is 0.278 e. The van der Waals surface area contributed by atoms with E-state index in [4.69, 9.17) is 24.9 Å². The zero-order valence-electron chi connectivity index (χ0n) is 25.3. The van der Waals surface area contributed by atoms with Crippen LogP contribution in [-0.4, -0.2) is 38.5 Å². The van der Waals surface area contributed by atoms with Gasteiger partial charge in [-0.05, 0) is 80.8 Å². The first-order valence-corrected chi connectivity index (χ1v) is 15.1. The summed E-state index contributed by atoms with van der Waals surface area (Å²) in [5, 5.41) is 2.28. The summed E-state index contributed by atoms with van der Waals surface area (Å²) in [5.41, 5.74) is 11.1. The number of imidazole rings is 2. The Labute approximate surface area is 258 Å². The minimum absolute atomic E-state index is 0.482. The summed E-state index contributed by atoms with van der Waals surface area (Å²) in [7, 11) is 0. The molecule has 9 aromatic rings. The highest BCUT2D eigenvalue weighted by molar-refractivity contribution is 6.09. The molecular formula is C37H28N8. The van der Waals surface area contributed by atoms with Crippen molar-refractivity contribution >= 4 is 49.7 Å². The molecule has 0 N–H and O–H groups in total. The number of pyridine rings is 1. The lowest BCUT2D eigenvalue weighted by atomic mass is 10.0. The molecule has 45 heavy (non-hydrogen) atoms. The second kappa shape index (κ2) is 9.30. The highest BCUT2D eigenvalue weighted by Crippen LogP contribution is 2.34. The van der Waals surface area contributed by atoms with Crippen molar-refractivity contribution in [3.8, 4) is 23.4 Å². The van der Waals surface area contributed by atoms with E-state index in [-0.39, 0.29) is 0 Å². The van der Waals surface area contributed by atoms with E-state index in [1.807, 2.05) is 41.8 Å². The van der Waals surface area contributed by atoms with E-state index in [0.29, 0.717) is 17.7 Å². The van der Waals surface area contributed by atoms with Crippen LogP contribution in [0.25, 0.3) is 73.1 Å². The van der Waals surface area contributed by atoms with Gasteiger partial charge in [-0.2, -0.15) is 15.0 Å². The van der Waals surface area contributed by atoms with Crippen molar-refractivity contribution in [3.05, 3.63) is 119 Å². The summed E-state index contributed by atoms with van der Waals surface area (Å²) in [4.78, 5) is 25.7. The van der Waals surface area contributed by atoms with Crippen LogP contribution in [0.1, 0.15) is 22.4 Å². The smallest absolute Gasteiger partial charge is 0.242 e. The van der Waals surface area contributed by atoms with Gasteiger partial charge in [-0.3, -0.25) is 8.97 Å². The van der Waals surface area contributed by atoms with Crippen LogP contribution >= 0.6 is 0 Å². The van der Waals surface area contributed by atoms with Gasteiger partial charge < -0.3 is 0 Å². The van der Waals surface area contributed by atoms with Crippen LogP contribution in [0.2, 0.25) is 0 Å². The van der Waals surface area contributed by atoms with Gasteiger partial charge in [0, 0.05) is 16.5 Å². The Kier molecular flexibility index (Phi) is 5.29. The molecule has 0 saturated carbocycles. The predicted molar refractivity (Wildman–Crippen MR) is 179 cm³/mol. The maximum atomic E-state index is 5.23. The minimum Gasteiger partial charge on any atom is -0.278 e. The van der Waals surface area contributed by atoms with Gasteiger partial charge in [-0.25, -0.2) is 14.5 Å². The molecule has 5 aromatic heterocycles. The summed E-state index contributed by atoms with van der Waals surface area (Å²) >= 11 is 0. The van der Waals surface area contributed by atoms with E-state index in [0.717, 1.165) is 66.6 Å². The summed E-state index contributed by atoms with van der Waals surface area (Å²) in [6.45, 7) is 8.39. The lowest BCUT2D eigenvalue weighted by molar-refractivity contribution is 0.878. The molecule has 0 saturated heterocycles. The average Bonchev–Trinajstić information content (AvgIpc) is 3.72. The van der Waals surface area contributed by atoms with Crippen LogP contribution < -0.4 is 0 Å². The summed E-state index contributed by atoms with van der Waals surface area (Å²) < 4.78 is 6.35. The highest BCUT2D eigenvalue weighted by atomic mass is 15.3. The van der Waals surface area contributed by atoms with Gasteiger partial charge in [0.25, 0.3) is 0 Å². The Morgan fingerprint density at radius 2 is 1.00 bits per heavy atom. The number of rotatable bonds is 3. The van der Waals surface area contributed by atoms with E-state index in [1.165, 1.54) is 11.1 Å². The first-order chi connectivity index (χ1) is 22.0. The molecule has 0 aliphatic carbocycles. The third-order valence-corrected chi connectivity index (χ3v) is 9.21. The lowest BCUT2D eigenvalue weighted by Gasteiger charge is -2.15. The molecule has 8 nitrogen and oxygen atoms in total. The molecule has 0 radical (unpaired) electrons. The molecular weight excluding hydrogens is 556 g/mol. The molecule has 0 unspecified atom stereocenters. The molecule has 0 aliphatic rings.